The normalized spacial score (nSPS) is 11.8. The third-order valence-electron chi connectivity index (χ3n) is 2.56. The molecule has 0 bridgehead atoms. The zero-order valence-electron chi connectivity index (χ0n) is 8.97. The minimum atomic E-state index is -0.767. The van der Waals surface area contributed by atoms with E-state index in [1.165, 1.54) is 0 Å². The fraction of sp³-hybridized carbons (Fsp3) is 0.0714. The maximum absolute atomic E-state index is 10.2. The second-order valence-electron chi connectivity index (χ2n) is 3.66. The highest BCUT2D eigenvalue weighted by molar-refractivity contribution is 6.31. The molecule has 0 fully saturated rings. The molecule has 1 atom stereocenters. The smallest absolute Gasteiger partial charge is 0.105 e. The minimum Gasteiger partial charge on any atom is -0.384 e. The van der Waals surface area contributed by atoms with Crippen LogP contribution >= 0.6 is 11.6 Å². The van der Waals surface area contributed by atoms with Gasteiger partial charge in [0.25, 0.3) is 0 Å². The fourth-order valence-electron chi connectivity index (χ4n) is 1.62. The first-order valence-corrected chi connectivity index (χ1v) is 5.52. The van der Waals surface area contributed by atoms with Gasteiger partial charge in [-0.2, -0.15) is 5.26 Å². The highest BCUT2D eigenvalue weighted by Crippen LogP contribution is 2.27. The lowest BCUT2D eigenvalue weighted by Gasteiger charge is -2.12. The van der Waals surface area contributed by atoms with E-state index in [0.717, 1.165) is 5.56 Å². The summed E-state index contributed by atoms with van der Waals surface area (Å²) in [7, 11) is 0. The van der Waals surface area contributed by atoms with Crippen LogP contribution in [0.15, 0.2) is 48.5 Å². The van der Waals surface area contributed by atoms with Crippen molar-refractivity contribution < 1.29 is 5.11 Å². The number of hydrogen-bond acceptors (Lipinski definition) is 2. The molecule has 2 rings (SSSR count). The fourth-order valence-corrected chi connectivity index (χ4v) is 1.86. The molecule has 0 saturated carbocycles. The third-order valence-corrected chi connectivity index (χ3v) is 2.90. The molecule has 2 nitrogen and oxygen atoms in total. The minimum absolute atomic E-state index is 0.532. The Morgan fingerprint density at radius 1 is 1.06 bits per heavy atom. The lowest BCUT2D eigenvalue weighted by molar-refractivity contribution is 0.220. The van der Waals surface area contributed by atoms with Crippen molar-refractivity contribution in [2.45, 2.75) is 6.10 Å². The van der Waals surface area contributed by atoms with Crippen molar-refractivity contribution in [3.8, 4) is 6.07 Å². The molecule has 84 valence electrons. The topological polar surface area (TPSA) is 44.0 Å². The first-order chi connectivity index (χ1) is 8.22. The molecule has 3 heteroatoms. The number of nitriles is 1. The van der Waals surface area contributed by atoms with Gasteiger partial charge >= 0.3 is 0 Å². The molecule has 17 heavy (non-hydrogen) atoms. The highest BCUT2D eigenvalue weighted by atomic mass is 35.5. The Labute approximate surface area is 105 Å². The molecular weight excluding hydrogens is 234 g/mol. The SMILES string of the molecule is N#Cc1ccc(C(O)c2ccccc2Cl)cc1. The van der Waals surface area contributed by atoms with Gasteiger partial charge in [0.15, 0.2) is 0 Å². The number of aliphatic hydroxyl groups excluding tert-OH is 1. The summed E-state index contributed by atoms with van der Waals surface area (Å²) < 4.78 is 0. The first-order valence-electron chi connectivity index (χ1n) is 5.15. The highest BCUT2D eigenvalue weighted by Gasteiger charge is 2.12. The van der Waals surface area contributed by atoms with Crippen LogP contribution in [-0.2, 0) is 0 Å². The lowest BCUT2D eigenvalue weighted by Crippen LogP contribution is -2.00. The summed E-state index contributed by atoms with van der Waals surface area (Å²) in [6.45, 7) is 0. The van der Waals surface area contributed by atoms with Crippen LogP contribution < -0.4 is 0 Å². The number of nitrogens with zero attached hydrogens (tertiary/aromatic N) is 1. The van der Waals surface area contributed by atoms with Gasteiger partial charge in [0, 0.05) is 10.6 Å². The van der Waals surface area contributed by atoms with E-state index in [9.17, 15) is 5.11 Å². The Morgan fingerprint density at radius 2 is 1.71 bits per heavy atom. The van der Waals surface area contributed by atoms with Crippen LogP contribution in [0, 0.1) is 11.3 Å². The molecule has 1 N–H and O–H groups in total. The summed E-state index contributed by atoms with van der Waals surface area (Å²) in [5, 5.41) is 19.4. The Balaban J connectivity index is 2.34. The summed E-state index contributed by atoms with van der Waals surface area (Å²) in [6, 6.07) is 16.0. The van der Waals surface area contributed by atoms with Crippen LogP contribution in [-0.4, -0.2) is 5.11 Å². The summed E-state index contributed by atoms with van der Waals surface area (Å²) in [6.07, 6.45) is -0.767. The van der Waals surface area contributed by atoms with Gasteiger partial charge in [0.05, 0.1) is 11.6 Å². The van der Waals surface area contributed by atoms with Crippen molar-refractivity contribution in [2.24, 2.45) is 0 Å². The van der Waals surface area contributed by atoms with Crippen molar-refractivity contribution in [1.29, 1.82) is 5.26 Å². The van der Waals surface area contributed by atoms with E-state index >= 15 is 0 Å². The van der Waals surface area contributed by atoms with Crippen molar-refractivity contribution in [1.82, 2.24) is 0 Å². The number of hydrogen-bond donors (Lipinski definition) is 1. The molecule has 0 heterocycles. The number of halogens is 1. The monoisotopic (exact) mass is 243 g/mol. The molecule has 0 spiro atoms. The molecule has 2 aromatic carbocycles. The maximum atomic E-state index is 10.2. The van der Waals surface area contributed by atoms with Crippen LogP contribution in [0.3, 0.4) is 0 Å². The molecular formula is C14H10ClNO. The quantitative estimate of drug-likeness (QED) is 0.880. The second kappa shape index (κ2) is 5.01. The van der Waals surface area contributed by atoms with Crippen molar-refractivity contribution >= 4 is 11.6 Å². The van der Waals surface area contributed by atoms with Crippen LogP contribution in [0.1, 0.15) is 22.8 Å². The van der Waals surface area contributed by atoms with Gasteiger partial charge in [-0.3, -0.25) is 0 Å². The summed E-state index contributed by atoms with van der Waals surface area (Å²) >= 11 is 6.02. The molecule has 0 aliphatic heterocycles. The molecule has 1 unspecified atom stereocenters. The van der Waals surface area contributed by atoms with Gasteiger partial charge in [0.1, 0.15) is 6.10 Å². The van der Waals surface area contributed by atoms with Crippen LogP contribution in [0.2, 0.25) is 5.02 Å². The maximum Gasteiger partial charge on any atom is 0.105 e. The van der Waals surface area contributed by atoms with Gasteiger partial charge in [0.2, 0.25) is 0 Å². The molecule has 0 saturated heterocycles. The van der Waals surface area contributed by atoms with E-state index in [-0.39, 0.29) is 0 Å². The zero-order valence-corrected chi connectivity index (χ0v) is 9.72. The number of rotatable bonds is 2. The van der Waals surface area contributed by atoms with Gasteiger partial charge in [-0.05, 0) is 23.8 Å². The Kier molecular flexibility index (Phi) is 3.43. The first kappa shape index (κ1) is 11.7. The number of benzene rings is 2. The van der Waals surface area contributed by atoms with Gasteiger partial charge in [-0.15, -0.1) is 0 Å². The van der Waals surface area contributed by atoms with Gasteiger partial charge in [-0.25, -0.2) is 0 Å². The predicted octanol–water partition coefficient (Wildman–Crippen LogP) is 3.29. The Morgan fingerprint density at radius 3 is 2.29 bits per heavy atom. The predicted molar refractivity (Wildman–Crippen MR) is 66.7 cm³/mol. The van der Waals surface area contributed by atoms with E-state index in [1.807, 2.05) is 18.2 Å². The molecule has 0 aromatic heterocycles. The average molecular weight is 244 g/mol. The van der Waals surface area contributed by atoms with E-state index in [0.29, 0.717) is 16.1 Å². The molecule has 0 radical (unpaired) electrons. The van der Waals surface area contributed by atoms with E-state index in [1.54, 1.807) is 36.4 Å². The van der Waals surface area contributed by atoms with Gasteiger partial charge in [-0.1, -0.05) is 41.9 Å². The molecule has 2 aromatic rings. The zero-order chi connectivity index (χ0) is 12.3. The summed E-state index contributed by atoms with van der Waals surface area (Å²) in [4.78, 5) is 0. The third kappa shape index (κ3) is 2.47. The summed E-state index contributed by atoms with van der Waals surface area (Å²) in [5.41, 5.74) is 1.95. The largest absolute Gasteiger partial charge is 0.384 e. The van der Waals surface area contributed by atoms with Gasteiger partial charge < -0.3 is 5.11 Å². The van der Waals surface area contributed by atoms with E-state index in [4.69, 9.17) is 16.9 Å². The average Bonchev–Trinajstić information content (AvgIpc) is 2.39. The molecule has 0 amide bonds. The number of aliphatic hydroxyl groups is 1. The van der Waals surface area contributed by atoms with E-state index < -0.39 is 6.10 Å². The van der Waals surface area contributed by atoms with Crippen LogP contribution in [0.4, 0.5) is 0 Å². The van der Waals surface area contributed by atoms with E-state index in [2.05, 4.69) is 0 Å². The molecule has 0 aliphatic rings. The van der Waals surface area contributed by atoms with Crippen molar-refractivity contribution in [3.63, 3.8) is 0 Å². The van der Waals surface area contributed by atoms with Crippen molar-refractivity contribution in [3.05, 3.63) is 70.2 Å². The van der Waals surface area contributed by atoms with Crippen LogP contribution in [0.25, 0.3) is 0 Å². The summed E-state index contributed by atoms with van der Waals surface area (Å²) in [5.74, 6) is 0. The molecule has 0 aliphatic carbocycles. The standard InChI is InChI=1S/C14H10ClNO/c15-13-4-2-1-3-12(13)14(17)11-7-5-10(9-16)6-8-11/h1-8,14,17H. The van der Waals surface area contributed by atoms with Crippen LogP contribution in [0.5, 0.6) is 0 Å². The Hall–Kier alpha value is -1.82. The Bertz CT molecular complexity index is 557. The second-order valence-corrected chi connectivity index (χ2v) is 4.07. The lowest BCUT2D eigenvalue weighted by atomic mass is 10.0. The van der Waals surface area contributed by atoms with Crippen molar-refractivity contribution in [2.75, 3.05) is 0 Å².